The summed E-state index contributed by atoms with van der Waals surface area (Å²) in [6.07, 6.45) is 0.475. The standard InChI is InChI=1S/C27H31N3O4S/c1-4-28-27(32)20(3)29(18-21-10-5-9-19(2)17-21)25(31)15-8-16-30-23-13-6-11-22-12-7-14-24(26(22)23)35(30,33)34/h5-7,9-14,17,20H,4,8,15-16,18H2,1-3H3,(H,28,32)/t20-/m0/s1. The second-order valence-corrected chi connectivity index (χ2v) is 10.7. The number of hydrogen-bond donors (Lipinski definition) is 1. The van der Waals surface area contributed by atoms with Gasteiger partial charge in [0, 0.05) is 31.4 Å². The topological polar surface area (TPSA) is 86.8 Å². The number of benzene rings is 3. The molecule has 0 radical (unpaired) electrons. The molecule has 0 bridgehead atoms. The molecular weight excluding hydrogens is 462 g/mol. The molecule has 0 unspecified atom stereocenters. The number of likely N-dealkylation sites (N-methyl/N-ethyl adjacent to an activating group) is 1. The number of hydrogen-bond acceptors (Lipinski definition) is 4. The minimum Gasteiger partial charge on any atom is -0.355 e. The van der Waals surface area contributed by atoms with E-state index in [1.165, 1.54) is 4.31 Å². The number of aryl methyl sites for hydroxylation is 1. The Balaban J connectivity index is 1.50. The van der Waals surface area contributed by atoms with Crippen LogP contribution in [-0.2, 0) is 26.2 Å². The molecule has 0 spiro atoms. The Morgan fingerprint density at radius 3 is 2.49 bits per heavy atom. The maximum Gasteiger partial charge on any atom is 0.265 e. The lowest BCUT2D eigenvalue weighted by Crippen LogP contribution is -2.47. The number of rotatable bonds is 9. The van der Waals surface area contributed by atoms with Gasteiger partial charge in [-0.15, -0.1) is 0 Å². The van der Waals surface area contributed by atoms with Gasteiger partial charge in [0.1, 0.15) is 6.04 Å². The van der Waals surface area contributed by atoms with Crippen molar-refractivity contribution in [1.82, 2.24) is 10.2 Å². The first-order valence-corrected chi connectivity index (χ1v) is 13.3. The molecule has 0 fully saturated rings. The van der Waals surface area contributed by atoms with E-state index in [-0.39, 0.29) is 24.8 Å². The van der Waals surface area contributed by atoms with Gasteiger partial charge in [0.05, 0.1) is 10.6 Å². The Morgan fingerprint density at radius 1 is 1.06 bits per heavy atom. The Labute approximate surface area is 206 Å². The third-order valence-corrected chi connectivity index (χ3v) is 8.24. The van der Waals surface area contributed by atoms with Gasteiger partial charge in [0.2, 0.25) is 11.8 Å². The second-order valence-electron chi connectivity index (χ2n) is 8.89. The monoisotopic (exact) mass is 493 g/mol. The normalized spacial score (nSPS) is 14.7. The van der Waals surface area contributed by atoms with E-state index in [4.69, 9.17) is 0 Å². The fourth-order valence-electron chi connectivity index (χ4n) is 4.63. The zero-order valence-electron chi connectivity index (χ0n) is 20.3. The molecule has 0 aliphatic carbocycles. The molecule has 0 saturated heterocycles. The van der Waals surface area contributed by atoms with E-state index in [0.717, 1.165) is 21.9 Å². The summed E-state index contributed by atoms with van der Waals surface area (Å²) in [5.41, 5.74) is 2.67. The SMILES string of the molecule is CCNC(=O)[C@H](C)N(Cc1cccc(C)c1)C(=O)CCCN1c2cccc3cccc(c23)S1(=O)=O. The molecule has 0 aromatic heterocycles. The summed E-state index contributed by atoms with van der Waals surface area (Å²) in [4.78, 5) is 27.7. The molecule has 1 aliphatic rings. The Hall–Kier alpha value is -3.39. The van der Waals surface area contributed by atoms with E-state index in [1.54, 1.807) is 30.0 Å². The molecular formula is C27H31N3O4S. The molecule has 0 saturated carbocycles. The highest BCUT2D eigenvalue weighted by Crippen LogP contribution is 2.42. The van der Waals surface area contributed by atoms with Crippen LogP contribution in [0.25, 0.3) is 10.8 Å². The smallest absolute Gasteiger partial charge is 0.265 e. The van der Waals surface area contributed by atoms with Gasteiger partial charge in [0.25, 0.3) is 10.0 Å². The molecule has 2 amide bonds. The summed E-state index contributed by atoms with van der Waals surface area (Å²) >= 11 is 0. The number of sulfonamides is 1. The summed E-state index contributed by atoms with van der Waals surface area (Å²) in [5, 5.41) is 4.40. The molecule has 8 heteroatoms. The number of carbonyl (C=O) groups is 2. The van der Waals surface area contributed by atoms with Crippen molar-refractivity contribution in [3.05, 3.63) is 71.8 Å². The Morgan fingerprint density at radius 2 is 1.77 bits per heavy atom. The van der Waals surface area contributed by atoms with Crippen molar-refractivity contribution in [3.63, 3.8) is 0 Å². The fourth-order valence-corrected chi connectivity index (χ4v) is 6.38. The highest BCUT2D eigenvalue weighted by molar-refractivity contribution is 7.93. The van der Waals surface area contributed by atoms with E-state index < -0.39 is 16.1 Å². The van der Waals surface area contributed by atoms with Crippen LogP contribution in [0.4, 0.5) is 5.69 Å². The summed E-state index contributed by atoms with van der Waals surface area (Å²) in [6, 6.07) is 18.0. The maximum atomic E-state index is 13.3. The molecule has 1 atom stereocenters. The zero-order valence-corrected chi connectivity index (χ0v) is 21.1. The average molecular weight is 494 g/mol. The van der Waals surface area contributed by atoms with Crippen LogP contribution in [0.1, 0.15) is 37.8 Å². The number of nitrogens with zero attached hydrogens (tertiary/aromatic N) is 2. The lowest BCUT2D eigenvalue weighted by Gasteiger charge is -2.29. The quantitative estimate of drug-likeness (QED) is 0.488. The highest BCUT2D eigenvalue weighted by atomic mass is 32.2. The minimum absolute atomic E-state index is 0.133. The van der Waals surface area contributed by atoms with Crippen LogP contribution in [0.5, 0.6) is 0 Å². The number of nitrogens with one attached hydrogen (secondary N) is 1. The van der Waals surface area contributed by atoms with Gasteiger partial charge in [-0.25, -0.2) is 8.42 Å². The maximum absolute atomic E-state index is 13.3. The lowest BCUT2D eigenvalue weighted by molar-refractivity contribution is -0.140. The third-order valence-electron chi connectivity index (χ3n) is 6.39. The summed E-state index contributed by atoms with van der Waals surface area (Å²) < 4.78 is 27.8. The van der Waals surface area contributed by atoms with Crippen molar-refractivity contribution >= 4 is 38.3 Å². The summed E-state index contributed by atoms with van der Waals surface area (Å²) in [6.45, 7) is 6.53. The third kappa shape index (κ3) is 4.89. The first-order chi connectivity index (χ1) is 16.7. The van der Waals surface area contributed by atoms with Gasteiger partial charge in [0.15, 0.2) is 0 Å². The van der Waals surface area contributed by atoms with E-state index in [2.05, 4.69) is 5.32 Å². The van der Waals surface area contributed by atoms with Crippen LogP contribution in [0, 0.1) is 6.92 Å². The zero-order chi connectivity index (χ0) is 25.2. The van der Waals surface area contributed by atoms with Gasteiger partial charge >= 0.3 is 0 Å². The molecule has 3 aromatic carbocycles. The van der Waals surface area contributed by atoms with E-state index in [9.17, 15) is 18.0 Å². The molecule has 1 N–H and O–H groups in total. The first kappa shape index (κ1) is 24.7. The predicted molar refractivity (Wildman–Crippen MR) is 138 cm³/mol. The first-order valence-electron chi connectivity index (χ1n) is 11.9. The second kappa shape index (κ2) is 10.1. The van der Waals surface area contributed by atoms with Crippen molar-refractivity contribution < 1.29 is 18.0 Å². The van der Waals surface area contributed by atoms with Crippen LogP contribution >= 0.6 is 0 Å². The van der Waals surface area contributed by atoms with Gasteiger partial charge in [-0.05, 0) is 50.3 Å². The van der Waals surface area contributed by atoms with Gasteiger partial charge in [-0.3, -0.25) is 13.9 Å². The molecule has 3 aromatic rings. The summed E-state index contributed by atoms with van der Waals surface area (Å²) in [7, 11) is -3.66. The van der Waals surface area contributed by atoms with Gasteiger partial charge in [-0.1, -0.05) is 54.1 Å². The average Bonchev–Trinajstić information content (AvgIpc) is 3.05. The van der Waals surface area contributed by atoms with E-state index in [1.807, 2.05) is 56.3 Å². The largest absolute Gasteiger partial charge is 0.355 e. The molecule has 7 nitrogen and oxygen atoms in total. The molecule has 1 heterocycles. The van der Waals surface area contributed by atoms with E-state index in [0.29, 0.717) is 30.1 Å². The minimum atomic E-state index is -3.66. The van der Waals surface area contributed by atoms with Crippen LogP contribution in [-0.4, -0.2) is 44.3 Å². The number of carbonyl (C=O) groups excluding carboxylic acids is 2. The van der Waals surface area contributed by atoms with Crippen molar-refractivity contribution in [2.45, 2.75) is 51.1 Å². The van der Waals surface area contributed by atoms with Crippen molar-refractivity contribution in [2.24, 2.45) is 0 Å². The molecule has 35 heavy (non-hydrogen) atoms. The molecule has 4 rings (SSSR count). The van der Waals surface area contributed by atoms with Crippen LogP contribution in [0.2, 0.25) is 0 Å². The van der Waals surface area contributed by atoms with Crippen molar-refractivity contribution in [1.29, 1.82) is 0 Å². The number of amides is 2. The van der Waals surface area contributed by atoms with Gasteiger partial charge < -0.3 is 10.2 Å². The fraction of sp³-hybridized carbons (Fsp3) is 0.333. The van der Waals surface area contributed by atoms with E-state index >= 15 is 0 Å². The predicted octanol–water partition coefficient (Wildman–Crippen LogP) is 3.99. The highest BCUT2D eigenvalue weighted by Gasteiger charge is 2.35. The Kier molecular flexibility index (Phi) is 7.12. The Bertz CT molecular complexity index is 1360. The van der Waals surface area contributed by atoms with Crippen LogP contribution in [0.15, 0.2) is 65.6 Å². The van der Waals surface area contributed by atoms with Crippen LogP contribution in [0.3, 0.4) is 0 Å². The van der Waals surface area contributed by atoms with Crippen molar-refractivity contribution in [3.8, 4) is 0 Å². The molecule has 184 valence electrons. The lowest BCUT2D eigenvalue weighted by atomic mass is 10.1. The van der Waals surface area contributed by atoms with Crippen LogP contribution < -0.4 is 9.62 Å². The summed E-state index contributed by atoms with van der Waals surface area (Å²) in [5.74, 6) is -0.393. The molecule has 1 aliphatic heterocycles. The number of anilines is 1. The van der Waals surface area contributed by atoms with Gasteiger partial charge in [-0.2, -0.15) is 0 Å². The van der Waals surface area contributed by atoms with Crippen molar-refractivity contribution in [2.75, 3.05) is 17.4 Å².